The molecule has 8 nitrogen and oxygen atoms in total. The number of hydrogen-bond donors (Lipinski definition) is 0. The molecule has 2 aliphatic heterocycles. The van der Waals surface area contributed by atoms with Crippen molar-refractivity contribution in [3.05, 3.63) is 41.2 Å². The summed E-state index contributed by atoms with van der Waals surface area (Å²) in [5.41, 5.74) is 3.16. The van der Waals surface area contributed by atoms with Gasteiger partial charge in [0.05, 0.1) is 26.0 Å². The van der Waals surface area contributed by atoms with Gasteiger partial charge in [0.1, 0.15) is 17.5 Å². The van der Waals surface area contributed by atoms with Crippen LogP contribution >= 0.6 is 0 Å². The highest BCUT2D eigenvalue weighted by Gasteiger charge is 2.35. The van der Waals surface area contributed by atoms with Crippen LogP contribution in [0, 0.1) is 5.92 Å². The zero-order valence-electron chi connectivity index (χ0n) is 16.8. The molecule has 2 fully saturated rings. The number of fused-ring (bicyclic) bond motifs is 1. The first-order chi connectivity index (χ1) is 14.2. The lowest BCUT2D eigenvalue weighted by molar-refractivity contribution is -0.134. The third kappa shape index (κ3) is 3.86. The number of carbonyl (C=O) groups excluding carboxylic acids is 1. The summed E-state index contributed by atoms with van der Waals surface area (Å²) in [7, 11) is 1.67. The maximum atomic E-state index is 12.2. The third-order valence-electron chi connectivity index (χ3n) is 6.15. The highest BCUT2D eigenvalue weighted by Crippen LogP contribution is 2.31. The first-order valence-electron chi connectivity index (χ1n) is 10.4. The van der Waals surface area contributed by atoms with Crippen LogP contribution in [-0.4, -0.2) is 64.0 Å². The molecule has 1 atom stereocenters. The Labute approximate surface area is 170 Å². The molecule has 0 spiro atoms. The number of piperazine rings is 1. The lowest BCUT2D eigenvalue weighted by Gasteiger charge is -2.34. The van der Waals surface area contributed by atoms with E-state index < -0.39 is 0 Å². The Bertz CT molecular complexity index is 869. The molecule has 0 N–H and O–H groups in total. The van der Waals surface area contributed by atoms with Gasteiger partial charge in [-0.15, -0.1) is 5.10 Å². The molecule has 3 heterocycles. The molecule has 1 aromatic heterocycles. The van der Waals surface area contributed by atoms with Gasteiger partial charge in [0.15, 0.2) is 0 Å². The number of benzene rings is 1. The zero-order chi connectivity index (χ0) is 19.8. The minimum absolute atomic E-state index is 0.0278. The number of ether oxygens (including phenoxy) is 2. The van der Waals surface area contributed by atoms with Gasteiger partial charge in [-0.1, -0.05) is 17.3 Å². The van der Waals surface area contributed by atoms with Crippen molar-refractivity contribution in [1.29, 1.82) is 0 Å². The van der Waals surface area contributed by atoms with Crippen molar-refractivity contribution in [3.8, 4) is 5.75 Å². The lowest BCUT2D eigenvalue weighted by atomic mass is 10.1. The number of methoxy groups -OCH3 is 1. The average Bonchev–Trinajstić information content (AvgIpc) is 3.55. The van der Waals surface area contributed by atoms with Crippen molar-refractivity contribution in [2.45, 2.75) is 38.6 Å². The molecule has 29 heavy (non-hydrogen) atoms. The van der Waals surface area contributed by atoms with Gasteiger partial charge in [0.2, 0.25) is 5.91 Å². The molecule has 0 radical (unpaired) electrons. The molecule has 8 heteroatoms. The molecule has 3 aliphatic rings. The van der Waals surface area contributed by atoms with Crippen molar-refractivity contribution < 1.29 is 14.3 Å². The monoisotopic (exact) mass is 397 g/mol. The summed E-state index contributed by atoms with van der Waals surface area (Å²) in [6.07, 6.45) is 2.12. The molecule has 1 aromatic carbocycles. The SMILES string of the molecule is COc1ccc([C@H]2Cn3nnc(CN4CCN(C(=O)C5CC5)CC4)c3CO2)cc1. The lowest BCUT2D eigenvalue weighted by Crippen LogP contribution is -2.48. The first-order valence-corrected chi connectivity index (χ1v) is 10.4. The molecular formula is C21H27N5O3. The highest BCUT2D eigenvalue weighted by molar-refractivity contribution is 5.81. The first kappa shape index (κ1) is 18.6. The zero-order valence-corrected chi connectivity index (χ0v) is 16.8. The number of nitrogens with zero attached hydrogens (tertiary/aromatic N) is 5. The largest absolute Gasteiger partial charge is 0.497 e. The highest BCUT2D eigenvalue weighted by atomic mass is 16.5. The van der Waals surface area contributed by atoms with Gasteiger partial charge in [-0.05, 0) is 30.5 Å². The summed E-state index contributed by atoms with van der Waals surface area (Å²) in [6, 6.07) is 7.98. The molecule has 0 bridgehead atoms. The fourth-order valence-corrected chi connectivity index (χ4v) is 4.13. The molecule has 154 valence electrons. The second kappa shape index (κ2) is 7.76. The van der Waals surface area contributed by atoms with Crippen LogP contribution in [0.25, 0.3) is 0 Å². The van der Waals surface area contributed by atoms with E-state index in [-0.39, 0.29) is 6.10 Å². The van der Waals surface area contributed by atoms with Gasteiger partial charge in [-0.3, -0.25) is 9.69 Å². The normalized spacial score (nSPS) is 22.4. The molecule has 1 saturated carbocycles. The van der Waals surface area contributed by atoms with Crippen LogP contribution in [0.5, 0.6) is 5.75 Å². The topological polar surface area (TPSA) is 72.7 Å². The van der Waals surface area contributed by atoms with E-state index in [1.54, 1.807) is 7.11 Å². The molecule has 0 unspecified atom stereocenters. The van der Waals surface area contributed by atoms with Crippen molar-refractivity contribution >= 4 is 5.91 Å². The van der Waals surface area contributed by atoms with E-state index in [2.05, 4.69) is 15.2 Å². The van der Waals surface area contributed by atoms with Crippen molar-refractivity contribution in [1.82, 2.24) is 24.8 Å². The van der Waals surface area contributed by atoms with E-state index in [1.165, 1.54) is 0 Å². The number of carbonyl (C=O) groups is 1. The second-order valence-corrected chi connectivity index (χ2v) is 8.11. The van der Waals surface area contributed by atoms with Crippen LogP contribution in [0.2, 0.25) is 0 Å². The Morgan fingerprint density at radius 3 is 2.62 bits per heavy atom. The molecule has 1 saturated heterocycles. The Hall–Kier alpha value is -2.45. The number of amides is 1. The molecular weight excluding hydrogens is 370 g/mol. The third-order valence-corrected chi connectivity index (χ3v) is 6.15. The van der Waals surface area contributed by atoms with Crippen LogP contribution in [0.4, 0.5) is 0 Å². The number of aromatic nitrogens is 3. The number of rotatable bonds is 5. The Balaban J connectivity index is 1.19. The second-order valence-electron chi connectivity index (χ2n) is 8.11. The maximum Gasteiger partial charge on any atom is 0.225 e. The number of hydrogen-bond acceptors (Lipinski definition) is 6. The summed E-state index contributed by atoms with van der Waals surface area (Å²) < 4.78 is 13.3. The maximum absolute atomic E-state index is 12.2. The van der Waals surface area contributed by atoms with E-state index in [4.69, 9.17) is 9.47 Å². The molecule has 2 aromatic rings. The molecule has 1 aliphatic carbocycles. The fourth-order valence-electron chi connectivity index (χ4n) is 4.13. The predicted octanol–water partition coefficient (Wildman–Crippen LogP) is 1.61. The van der Waals surface area contributed by atoms with Crippen molar-refractivity contribution in [2.24, 2.45) is 5.92 Å². The van der Waals surface area contributed by atoms with Crippen LogP contribution in [0.1, 0.15) is 35.9 Å². The van der Waals surface area contributed by atoms with E-state index in [0.717, 1.165) is 68.3 Å². The smallest absolute Gasteiger partial charge is 0.225 e. The van der Waals surface area contributed by atoms with Crippen molar-refractivity contribution in [3.63, 3.8) is 0 Å². The van der Waals surface area contributed by atoms with Gasteiger partial charge >= 0.3 is 0 Å². The van der Waals surface area contributed by atoms with Gasteiger partial charge < -0.3 is 14.4 Å². The fraction of sp³-hybridized carbons (Fsp3) is 0.571. The quantitative estimate of drug-likeness (QED) is 0.763. The van der Waals surface area contributed by atoms with Gasteiger partial charge in [0.25, 0.3) is 0 Å². The summed E-state index contributed by atoms with van der Waals surface area (Å²) >= 11 is 0. The summed E-state index contributed by atoms with van der Waals surface area (Å²) in [5.74, 6) is 1.50. The standard InChI is InChI=1S/C21H27N5O3/c1-28-17-6-4-15(5-7-17)20-13-26-19(14-29-20)18(22-23-26)12-24-8-10-25(11-9-24)21(27)16-2-3-16/h4-7,16,20H,2-3,8-14H2,1H3/t20-/m1/s1. The van der Waals surface area contributed by atoms with E-state index in [0.29, 0.717) is 25.0 Å². The van der Waals surface area contributed by atoms with Gasteiger partial charge in [-0.2, -0.15) is 0 Å². The van der Waals surface area contributed by atoms with Gasteiger partial charge in [-0.25, -0.2) is 4.68 Å². The Morgan fingerprint density at radius 2 is 1.93 bits per heavy atom. The van der Waals surface area contributed by atoms with Crippen LogP contribution in [0.15, 0.2) is 24.3 Å². The van der Waals surface area contributed by atoms with E-state index >= 15 is 0 Å². The summed E-state index contributed by atoms with van der Waals surface area (Å²) in [5, 5.41) is 8.81. The minimum Gasteiger partial charge on any atom is -0.497 e. The van der Waals surface area contributed by atoms with E-state index in [1.807, 2.05) is 33.8 Å². The Morgan fingerprint density at radius 1 is 1.17 bits per heavy atom. The molecule has 5 rings (SSSR count). The average molecular weight is 397 g/mol. The van der Waals surface area contributed by atoms with Gasteiger partial charge in [0, 0.05) is 38.6 Å². The molecule has 1 amide bonds. The predicted molar refractivity (Wildman–Crippen MR) is 105 cm³/mol. The van der Waals surface area contributed by atoms with Crippen LogP contribution < -0.4 is 4.74 Å². The van der Waals surface area contributed by atoms with Crippen molar-refractivity contribution in [2.75, 3.05) is 33.3 Å². The summed E-state index contributed by atoms with van der Waals surface area (Å²) in [6.45, 7) is 5.35. The Kier molecular flexibility index (Phi) is 4.97. The van der Waals surface area contributed by atoms with Crippen LogP contribution in [-0.2, 0) is 29.2 Å². The van der Waals surface area contributed by atoms with E-state index in [9.17, 15) is 4.79 Å². The van der Waals surface area contributed by atoms with Crippen LogP contribution in [0.3, 0.4) is 0 Å². The minimum atomic E-state index is -0.0278. The summed E-state index contributed by atoms with van der Waals surface area (Å²) in [4.78, 5) is 16.6.